The molecule has 0 amide bonds. The van der Waals surface area contributed by atoms with E-state index in [1.165, 1.54) is 12.8 Å². The number of aliphatic carboxylic acids is 1. The molecule has 0 aromatic heterocycles. The van der Waals surface area contributed by atoms with Gasteiger partial charge in [0.1, 0.15) is 6.79 Å². The van der Waals surface area contributed by atoms with E-state index in [2.05, 4.69) is 10.2 Å². The van der Waals surface area contributed by atoms with Crippen molar-refractivity contribution in [2.75, 3.05) is 46.1 Å². The van der Waals surface area contributed by atoms with Gasteiger partial charge in [-0.3, -0.25) is 4.79 Å². The maximum absolute atomic E-state index is 10.5. The summed E-state index contributed by atoms with van der Waals surface area (Å²) in [4.78, 5) is 12.9. The van der Waals surface area contributed by atoms with Gasteiger partial charge in [0, 0.05) is 13.1 Å². The Balaban J connectivity index is 1.66. The van der Waals surface area contributed by atoms with Crippen molar-refractivity contribution < 1.29 is 19.4 Å². The number of carboxylic acid groups (broad SMARTS) is 1. The first-order chi connectivity index (χ1) is 9.24. The van der Waals surface area contributed by atoms with E-state index in [0.717, 1.165) is 39.2 Å². The minimum absolute atomic E-state index is 0.0551. The zero-order valence-corrected chi connectivity index (χ0v) is 11.3. The molecule has 0 aliphatic carbocycles. The number of nitrogens with one attached hydrogen (secondary N) is 1. The first kappa shape index (κ1) is 14.7. The summed E-state index contributed by atoms with van der Waals surface area (Å²) < 4.78 is 10.8. The molecule has 2 aliphatic heterocycles. The molecule has 2 heterocycles. The summed E-state index contributed by atoms with van der Waals surface area (Å²) in [6, 6.07) is 0. The van der Waals surface area contributed by atoms with Crippen molar-refractivity contribution in [3.05, 3.63) is 0 Å². The van der Waals surface area contributed by atoms with Gasteiger partial charge in [-0.05, 0) is 38.3 Å². The van der Waals surface area contributed by atoms with Crippen molar-refractivity contribution >= 4 is 5.97 Å². The molecule has 2 atom stereocenters. The Labute approximate surface area is 114 Å². The molecule has 6 nitrogen and oxygen atoms in total. The molecule has 2 saturated heterocycles. The molecule has 2 unspecified atom stereocenters. The fraction of sp³-hybridized carbons (Fsp3) is 0.923. The lowest BCUT2D eigenvalue weighted by Gasteiger charge is -2.35. The van der Waals surface area contributed by atoms with Crippen LogP contribution in [0.15, 0.2) is 0 Å². The Hall–Kier alpha value is -0.690. The van der Waals surface area contributed by atoms with Gasteiger partial charge in [-0.15, -0.1) is 0 Å². The Morgan fingerprint density at radius 1 is 1.42 bits per heavy atom. The number of carboxylic acids is 1. The summed E-state index contributed by atoms with van der Waals surface area (Å²) in [5.41, 5.74) is 0. The second-order valence-electron chi connectivity index (χ2n) is 5.40. The first-order valence-electron chi connectivity index (χ1n) is 7.08. The number of likely N-dealkylation sites (tertiary alicyclic amines) is 1. The maximum atomic E-state index is 10.5. The molecular formula is C13H24N2O4. The predicted octanol–water partition coefficient (Wildman–Crippen LogP) is 0.136. The number of hydrogen-bond acceptors (Lipinski definition) is 5. The summed E-state index contributed by atoms with van der Waals surface area (Å²) in [5.74, 6) is -0.240. The summed E-state index contributed by atoms with van der Waals surface area (Å²) in [6.07, 6.45) is 3.62. The van der Waals surface area contributed by atoms with Crippen molar-refractivity contribution in [1.29, 1.82) is 0 Å². The van der Waals surface area contributed by atoms with E-state index >= 15 is 0 Å². The summed E-state index contributed by atoms with van der Waals surface area (Å²) in [7, 11) is 0. The van der Waals surface area contributed by atoms with Crippen LogP contribution in [-0.2, 0) is 14.3 Å². The molecule has 110 valence electrons. The van der Waals surface area contributed by atoms with Gasteiger partial charge in [-0.25, -0.2) is 0 Å². The van der Waals surface area contributed by atoms with Gasteiger partial charge < -0.3 is 24.8 Å². The quantitative estimate of drug-likeness (QED) is 0.716. The maximum Gasteiger partial charge on any atom is 0.317 e. The van der Waals surface area contributed by atoms with E-state index in [-0.39, 0.29) is 6.54 Å². The smallest absolute Gasteiger partial charge is 0.317 e. The molecule has 2 fully saturated rings. The molecular weight excluding hydrogens is 248 g/mol. The number of nitrogens with zero attached hydrogens (tertiary/aromatic N) is 1. The van der Waals surface area contributed by atoms with Gasteiger partial charge in [0.25, 0.3) is 0 Å². The fourth-order valence-corrected chi connectivity index (χ4v) is 2.80. The van der Waals surface area contributed by atoms with Gasteiger partial charge in [0.2, 0.25) is 0 Å². The Morgan fingerprint density at radius 3 is 3.05 bits per heavy atom. The first-order valence-corrected chi connectivity index (χ1v) is 7.08. The third-order valence-corrected chi connectivity index (χ3v) is 3.75. The predicted molar refractivity (Wildman–Crippen MR) is 70.0 cm³/mol. The molecule has 0 aromatic rings. The van der Waals surface area contributed by atoms with Crippen LogP contribution in [0.2, 0.25) is 0 Å². The van der Waals surface area contributed by atoms with E-state index in [1.54, 1.807) is 0 Å². The van der Waals surface area contributed by atoms with Crippen molar-refractivity contribution in [1.82, 2.24) is 10.2 Å². The van der Waals surface area contributed by atoms with Crippen LogP contribution in [0.5, 0.6) is 0 Å². The minimum Gasteiger partial charge on any atom is -0.480 e. The number of rotatable bonds is 6. The highest BCUT2D eigenvalue weighted by Gasteiger charge is 2.23. The Bertz CT molecular complexity index is 282. The lowest BCUT2D eigenvalue weighted by molar-refractivity contribution is -0.145. The largest absolute Gasteiger partial charge is 0.480 e. The molecule has 6 heteroatoms. The van der Waals surface area contributed by atoms with Crippen LogP contribution in [0.4, 0.5) is 0 Å². The van der Waals surface area contributed by atoms with Crippen molar-refractivity contribution in [3.63, 3.8) is 0 Å². The SMILES string of the molecule is O=C(O)CNCC1CCCN(CC2CCOCO2)C1. The van der Waals surface area contributed by atoms with Crippen molar-refractivity contribution in [2.24, 2.45) is 5.92 Å². The molecule has 0 bridgehead atoms. The molecule has 2 N–H and O–H groups in total. The standard InChI is InChI=1S/C13H24N2O4/c16-13(17)7-14-6-11-2-1-4-15(8-11)9-12-3-5-18-10-19-12/h11-12,14H,1-10H2,(H,16,17). The molecule has 0 saturated carbocycles. The van der Waals surface area contributed by atoms with Crippen molar-refractivity contribution in [2.45, 2.75) is 25.4 Å². The Morgan fingerprint density at radius 2 is 2.32 bits per heavy atom. The molecule has 0 aromatic carbocycles. The number of piperidine rings is 1. The molecule has 0 spiro atoms. The van der Waals surface area contributed by atoms with E-state index in [9.17, 15) is 4.79 Å². The van der Waals surface area contributed by atoms with Gasteiger partial charge in [0.15, 0.2) is 0 Å². The minimum atomic E-state index is -0.789. The highest BCUT2D eigenvalue weighted by molar-refractivity contribution is 5.68. The zero-order valence-electron chi connectivity index (χ0n) is 11.3. The monoisotopic (exact) mass is 272 g/mol. The third-order valence-electron chi connectivity index (χ3n) is 3.75. The van der Waals surface area contributed by atoms with Gasteiger partial charge >= 0.3 is 5.97 Å². The molecule has 2 aliphatic rings. The normalized spacial score (nSPS) is 29.3. The number of hydrogen-bond donors (Lipinski definition) is 2. The van der Waals surface area contributed by atoms with Gasteiger partial charge in [-0.2, -0.15) is 0 Å². The van der Waals surface area contributed by atoms with E-state index < -0.39 is 5.97 Å². The van der Waals surface area contributed by atoms with Crippen LogP contribution in [-0.4, -0.2) is 68.2 Å². The van der Waals surface area contributed by atoms with E-state index in [1.807, 2.05) is 0 Å². The Kier molecular flexibility index (Phi) is 6.03. The number of carbonyl (C=O) groups is 1. The summed E-state index contributed by atoms with van der Waals surface area (Å²) in [5, 5.41) is 11.6. The lowest BCUT2D eigenvalue weighted by atomic mass is 9.97. The highest BCUT2D eigenvalue weighted by Crippen LogP contribution is 2.17. The molecule has 2 rings (SSSR count). The zero-order chi connectivity index (χ0) is 13.5. The lowest BCUT2D eigenvalue weighted by Crippen LogP contribution is -2.45. The van der Waals surface area contributed by atoms with Crippen LogP contribution in [0.1, 0.15) is 19.3 Å². The van der Waals surface area contributed by atoms with Gasteiger partial charge in [-0.1, -0.05) is 0 Å². The fourth-order valence-electron chi connectivity index (χ4n) is 2.80. The van der Waals surface area contributed by atoms with E-state index in [0.29, 0.717) is 18.8 Å². The molecule has 19 heavy (non-hydrogen) atoms. The van der Waals surface area contributed by atoms with Crippen LogP contribution >= 0.6 is 0 Å². The second-order valence-corrected chi connectivity index (χ2v) is 5.40. The van der Waals surface area contributed by atoms with Crippen molar-refractivity contribution in [3.8, 4) is 0 Å². The van der Waals surface area contributed by atoms with Crippen LogP contribution in [0.3, 0.4) is 0 Å². The highest BCUT2D eigenvalue weighted by atomic mass is 16.7. The topological polar surface area (TPSA) is 71.0 Å². The number of ether oxygens (including phenoxy) is 2. The van der Waals surface area contributed by atoms with Gasteiger partial charge in [0.05, 0.1) is 19.3 Å². The van der Waals surface area contributed by atoms with Crippen LogP contribution < -0.4 is 5.32 Å². The summed E-state index contributed by atoms with van der Waals surface area (Å²) >= 11 is 0. The summed E-state index contributed by atoms with van der Waals surface area (Å²) in [6.45, 7) is 5.18. The van der Waals surface area contributed by atoms with Crippen LogP contribution in [0.25, 0.3) is 0 Å². The van der Waals surface area contributed by atoms with Crippen LogP contribution in [0, 0.1) is 5.92 Å². The average molecular weight is 272 g/mol. The second kappa shape index (κ2) is 7.79. The third kappa shape index (κ3) is 5.44. The average Bonchev–Trinajstić information content (AvgIpc) is 2.40. The van der Waals surface area contributed by atoms with E-state index in [4.69, 9.17) is 14.6 Å². The molecule has 0 radical (unpaired) electrons.